The van der Waals surface area contributed by atoms with E-state index in [1.54, 1.807) is 5.56 Å². The summed E-state index contributed by atoms with van der Waals surface area (Å²) in [5, 5.41) is 3.42. The van der Waals surface area contributed by atoms with Gasteiger partial charge in [0.25, 0.3) is 0 Å². The van der Waals surface area contributed by atoms with Gasteiger partial charge in [0.05, 0.1) is 0 Å². The molecule has 0 atom stereocenters. The maximum absolute atomic E-state index is 3.42. The minimum atomic E-state index is 1.05. The third-order valence-corrected chi connectivity index (χ3v) is 2.48. The van der Waals surface area contributed by atoms with Gasteiger partial charge in [-0.1, -0.05) is 23.8 Å². The number of fused-ring (bicyclic) bond motifs is 1. The maximum Gasteiger partial charge on any atom is 0.0208 e. The molecule has 2 rings (SSSR count). The average Bonchev–Trinajstić information content (AvgIpc) is 2.28. The van der Waals surface area contributed by atoms with Crippen LogP contribution in [0.2, 0.25) is 0 Å². The first-order chi connectivity index (χ1) is 5.86. The van der Waals surface area contributed by atoms with E-state index in [1.165, 1.54) is 24.0 Å². The van der Waals surface area contributed by atoms with Crippen molar-refractivity contribution >= 4 is 0 Å². The van der Waals surface area contributed by atoms with Crippen molar-refractivity contribution in [2.45, 2.75) is 26.3 Å². The molecule has 1 aliphatic rings. The minimum absolute atomic E-state index is 1.05. The lowest BCUT2D eigenvalue weighted by Gasteiger charge is -2.05. The van der Waals surface area contributed by atoms with Gasteiger partial charge in [0, 0.05) is 6.54 Å². The third-order valence-electron chi connectivity index (χ3n) is 2.48. The van der Waals surface area contributed by atoms with Crippen molar-refractivity contribution < 1.29 is 0 Å². The Morgan fingerprint density at radius 1 is 1.25 bits per heavy atom. The van der Waals surface area contributed by atoms with E-state index in [0.717, 1.165) is 13.1 Å². The van der Waals surface area contributed by atoms with E-state index in [-0.39, 0.29) is 0 Å². The van der Waals surface area contributed by atoms with Gasteiger partial charge >= 0.3 is 0 Å². The number of hydrogen-bond acceptors (Lipinski definition) is 1. The number of benzene rings is 1. The molecule has 0 aliphatic carbocycles. The van der Waals surface area contributed by atoms with E-state index >= 15 is 0 Å². The van der Waals surface area contributed by atoms with E-state index < -0.39 is 0 Å². The Morgan fingerprint density at radius 3 is 3.08 bits per heavy atom. The van der Waals surface area contributed by atoms with Crippen molar-refractivity contribution in [2.75, 3.05) is 6.54 Å². The molecule has 0 saturated heterocycles. The molecule has 1 aromatic carbocycles. The van der Waals surface area contributed by atoms with Gasteiger partial charge in [-0.25, -0.2) is 0 Å². The molecule has 0 radical (unpaired) electrons. The molecule has 1 nitrogen and oxygen atoms in total. The summed E-state index contributed by atoms with van der Waals surface area (Å²) in [4.78, 5) is 0. The molecule has 0 amide bonds. The van der Waals surface area contributed by atoms with E-state index in [9.17, 15) is 0 Å². The predicted octanol–water partition coefficient (Wildman–Crippen LogP) is 2.03. The second kappa shape index (κ2) is 3.28. The van der Waals surface area contributed by atoms with Crippen LogP contribution in [0.5, 0.6) is 0 Å². The number of aryl methyl sites for hydroxylation is 2. The molecular weight excluding hydrogens is 146 g/mol. The minimum Gasteiger partial charge on any atom is -0.313 e. The summed E-state index contributed by atoms with van der Waals surface area (Å²) >= 11 is 0. The van der Waals surface area contributed by atoms with Crippen molar-refractivity contribution in [2.24, 2.45) is 0 Å². The molecular formula is C11H15N. The molecule has 1 heterocycles. The van der Waals surface area contributed by atoms with Crippen molar-refractivity contribution in [3.8, 4) is 0 Å². The Bertz CT molecular complexity index is 278. The van der Waals surface area contributed by atoms with Crippen molar-refractivity contribution in [3.05, 3.63) is 34.9 Å². The van der Waals surface area contributed by atoms with Crippen molar-refractivity contribution in [1.29, 1.82) is 0 Å². The van der Waals surface area contributed by atoms with Crippen LogP contribution in [0.4, 0.5) is 0 Å². The molecule has 0 fully saturated rings. The first-order valence-corrected chi connectivity index (χ1v) is 4.65. The first-order valence-electron chi connectivity index (χ1n) is 4.65. The van der Waals surface area contributed by atoms with E-state index in [1.807, 2.05) is 0 Å². The Balaban J connectivity index is 2.36. The van der Waals surface area contributed by atoms with Gasteiger partial charge in [0.15, 0.2) is 0 Å². The largest absolute Gasteiger partial charge is 0.313 e. The van der Waals surface area contributed by atoms with Gasteiger partial charge in [-0.3, -0.25) is 0 Å². The first kappa shape index (κ1) is 7.81. The second-order valence-corrected chi connectivity index (χ2v) is 3.55. The fraction of sp³-hybridized carbons (Fsp3) is 0.455. The van der Waals surface area contributed by atoms with E-state index in [2.05, 4.69) is 30.4 Å². The molecule has 1 heteroatoms. The predicted molar refractivity (Wildman–Crippen MR) is 51.2 cm³/mol. The summed E-state index contributed by atoms with van der Waals surface area (Å²) < 4.78 is 0. The van der Waals surface area contributed by atoms with Crippen LogP contribution in [0, 0.1) is 6.92 Å². The maximum atomic E-state index is 3.42. The molecule has 64 valence electrons. The van der Waals surface area contributed by atoms with Gasteiger partial charge in [-0.15, -0.1) is 0 Å². The fourth-order valence-corrected chi connectivity index (χ4v) is 1.79. The Hall–Kier alpha value is -0.820. The number of nitrogens with one attached hydrogen (secondary N) is 1. The standard InChI is InChI=1S/C11H15N/c1-9-4-5-11-8-12-6-2-3-10(11)7-9/h4-5,7,12H,2-3,6,8H2,1H3. The Morgan fingerprint density at radius 2 is 2.17 bits per heavy atom. The quantitative estimate of drug-likeness (QED) is 0.614. The highest BCUT2D eigenvalue weighted by atomic mass is 14.8. The van der Waals surface area contributed by atoms with Crippen LogP contribution in [0.25, 0.3) is 0 Å². The topological polar surface area (TPSA) is 12.0 Å². The Labute approximate surface area is 73.8 Å². The zero-order valence-electron chi connectivity index (χ0n) is 7.56. The lowest BCUT2D eigenvalue weighted by Crippen LogP contribution is -2.11. The summed E-state index contributed by atoms with van der Waals surface area (Å²) in [6.45, 7) is 4.38. The van der Waals surface area contributed by atoms with Gasteiger partial charge < -0.3 is 5.32 Å². The zero-order valence-corrected chi connectivity index (χ0v) is 7.56. The SMILES string of the molecule is Cc1ccc2c(c1)CCCNC2. The van der Waals surface area contributed by atoms with Crippen LogP contribution in [0.1, 0.15) is 23.1 Å². The fourth-order valence-electron chi connectivity index (χ4n) is 1.79. The molecule has 12 heavy (non-hydrogen) atoms. The van der Waals surface area contributed by atoms with Crippen LogP contribution < -0.4 is 5.32 Å². The molecule has 0 unspecified atom stereocenters. The molecule has 0 bridgehead atoms. The summed E-state index contributed by atoms with van der Waals surface area (Å²) in [6.07, 6.45) is 2.51. The van der Waals surface area contributed by atoms with Crippen LogP contribution in [-0.2, 0) is 13.0 Å². The molecule has 1 aromatic rings. The lowest BCUT2D eigenvalue weighted by atomic mass is 10.0. The summed E-state index contributed by atoms with van der Waals surface area (Å²) in [7, 11) is 0. The third kappa shape index (κ3) is 1.51. The van der Waals surface area contributed by atoms with Crippen molar-refractivity contribution in [3.63, 3.8) is 0 Å². The summed E-state index contributed by atoms with van der Waals surface area (Å²) in [5.41, 5.74) is 4.41. The van der Waals surface area contributed by atoms with Gasteiger partial charge in [0.1, 0.15) is 0 Å². The van der Waals surface area contributed by atoms with Crippen LogP contribution in [0.3, 0.4) is 0 Å². The smallest absolute Gasteiger partial charge is 0.0208 e. The van der Waals surface area contributed by atoms with Gasteiger partial charge in [-0.2, -0.15) is 0 Å². The molecule has 0 spiro atoms. The van der Waals surface area contributed by atoms with Crippen LogP contribution >= 0.6 is 0 Å². The average molecular weight is 161 g/mol. The normalized spacial score (nSPS) is 16.8. The van der Waals surface area contributed by atoms with Gasteiger partial charge in [-0.05, 0) is 37.4 Å². The summed E-state index contributed by atoms with van der Waals surface area (Å²) in [5.74, 6) is 0. The van der Waals surface area contributed by atoms with Gasteiger partial charge in [0.2, 0.25) is 0 Å². The summed E-state index contributed by atoms with van der Waals surface area (Å²) in [6, 6.07) is 6.77. The second-order valence-electron chi connectivity index (χ2n) is 3.55. The molecule has 0 saturated carbocycles. The monoisotopic (exact) mass is 161 g/mol. The molecule has 1 aliphatic heterocycles. The lowest BCUT2D eigenvalue weighted by molar-refractivity contribution is 0.681. The highest BCUT2D eigenvalue weighted by molar-refractivity contribution is 5.32. The Kier molecular flexibility index (Phi) is 2.13. The van der Waals surface area contributed by atoms with E-state index in [4.69, 9.17) is 0 Å². The van der Waals surface area contributed by atoms with Crippen LogP contribution in [0.15, 0.2) is 18.2 Å². The molecule has 1 N–H and O–H groups in total. The zero-order chi connectivity index (χ0) is 8.39. The van der Waals surface area contributed by atoms with Crippen LogP contribution in [-0.4, -0.2) is 6.54 Å². The highest BCUT2D eigenvalue weighted by Gasteiger charge is 2.05. The van der Waals surface area contributed by atoms with E-state index in [0.29, 0.717) is 0 Å². The molecule has 0 aromatic heterocycles. The number of rotatable bonds is 0. The van der Waals surface area contributed by atoms with Crippen molar-refractivity contribution in [1.82, 2.24) is 5.32 Å². The highest BCUT2D eigenvalue weighted by Crippen LogP contribution is 2.15. The number of hydrogen-bond donors (Lipinski definition) is 1.